The quantitative estimate of drug-likeness (QED) is 0.626. The van der Waals surface area contributed by atoms with Gasteiger partial charge in [-0.05, 0) is 18.7 Å². The highest BCUT2D eigenvalue weighted by molar-refractivity contribution is 7.99. The molecule has 0 saturated heterocycles. The van der Waals surface area contributed by atoms with Crippen molar-refractivity contribution in [3.05, 3.63) is 30.2 Å². The van der Waals surface area contributed by atoms with Crippen molar-refractivity contribution in [2.45, 2.75) is 18.7 Å². The number of carbonyl (C=O) groups is 1. The number of aryl methyl sites for hydroxylation is 1. The Morgan fingerprint density at radius 2 is 2.20 bits per heavy atom. The molecule has 0 bridgehead atoms. The van der Waals surface area contributed by atoms with Crippen LogP contribution in [0.4, 0.5) is 0 Å². The van der Waals surface area contributed by atoms with E-state index in [-0.39, 0.29) is 5.97 Å². The normalized spacial score (nSPS) is 10.6. The van der Waals surface area contributed by atoms with Gasteiger partial charge in [0.1, 0.15) is 5.69 Å². The predicted molar refractivity (Wildman–Crippen MR) is 78.8 cm³/mol. The van der Waals surface area contributed by atoms with Crippen LogP contribution in [-0.4, -0.2) is 32.9 Å². The molecule has 20 heavy (non-hydrogen) atoms. The fourth-order valence-corrected chi connectivity index (χ4v) is 2.60. The molecule has 0 saturated carbocycles. The zero-order chi connectivity index (χ0) is 14.5. The van der Waals surface area contributed by atoms with Gasteiger partial charge in [-0.2, -0.15) is 0 Å². The zero-order valence-electron chi connectivity index (χ0n) is 11.8. The first-order valence-electron chi connectivity index (χ1n) is 6.45. The van der Waals surface area contributed by atoms with Crippen LogP contribution < -0.4 is 0 Å². The molecular formula is C14H17N3O2S. The van der Waals surface area contributed by atoms with Crippen molar-refractivity contribution in [1.82, 2.24) is 14.5 Å². The minimum Gasteiger partial charge on any atom is -0.462 e. The molecule has 0 aliphatic carbocycles. The van der Waals surface area contributed by atoms with Gasteiger partial charge in [-0.25, -0.2) is 9.78 Å². The summed E-state index contributed by atoms with van der Waals surface area (Å²) >= 11 is 1.63. The summed E-state index contributed by atoms with van der Waals surface area (Å²) in [5.41, 5.74) is 1.26. The topological polar surface area (TPSA) is 57.0 Å². The molecule has 2 aromatic heterocycles. The van der Waals surface area contributed by atoms with Gasteiger partial charge in [-0.15, -0.1) is 11.8 Å². The molecule has 0 aliphatic heterocycles. The number of esters is 1. The lowest BCUT2D eigenvalue weighted by molar-refractivity contribution is 0.0525. The average Bonchev–Trinajstić information content (AvgIpc) is 2.85. The van der Waals surface area contributed by atoms with Gasteiger partial charge in [-0.1, -0.05) is 6.92 Å². The fourth-order valence-electron chi connectivity index (χ4n) is 1.80. The molecule has 106 valence electrons. The molecule has 6 heteroatoms. The maximum Gasteiger partial charge on any atom is 0.339 e. The number of imidazole rings is 1. The van der Waals surface area contributed by atoms with Crippen LogP contribution in [0, 0.1) is 0 Å². The Morgan fingerprint density at radius 3 is 2.80 bits per heavy atom. The van der Waals surface area contributed by atoms with Crippen LogP contribution >= 0.6 is 11.8 Å². The minimum absolute atomic E-state index is 0.343. The highest BCUT2D eigenvalue weighted by Crippen LogP contribution is 2.29. The van der Waals surface area contributed by atoms with Crippen LogP contribution in [0.1, 0.15) is 24.2 Å². The van der Waals surface area contributed by atoms with Gasteiger partial charge in [0.15, 0.2) is 5.82 Å². The van der Waals surface area contributed by atoms with E-state index in [1.165, 1.54) is 0 Å². The molecule has 0 atom stereocenters. The lowest BCUT2D eigenvalue weighted by atomic mass is 10.2. The number of rotatable bonds is 5. The number of nitrogens with zero attached hydrogens (tertiary/aromatic N) is 3. The van der Waals surface area contributed by atoms with Crippen molar-refractivity contribution < 1.29 is 9.53 Å². The molecule has 0 amide bonds. The Morgan fingerprint density at radius 1 is 1.40 bits per heavy atom. The summed E-state index contributed by atoms with van der Waals surface area (Å²) in [6, 6.07) is 1.82. The first-order chi connectivity index (χ1) is 9.67. The second-order valence-corrected chi connectivity index (χ2v) is 5.39. The summed E-state index contributed by atoms with van der Waals surface area (Å²) in [4.78, 5) is 21.4. The van der Waals surface area contributed by atoms with Crippen LogP contribution in [0.15, 0.2) is 29.6 Å². The Kier molecular flexibility index (Phi) is 4.79. The second-order valence-electron chi connectivity index (χ2n) is 4.09. The van der Waals surface area contributed by atoms with Gasteiger partial charge >= 0.3 is 5.97 Å². The molecule has 2 aromatic rings. The number of pyridine rings is 1. The van der Waals surface area contributed by atoms with Gasteiger partial charge in [0.2, 0.25) is 0 Å². The number of hydrogen-bond acceptors (Lipinski definition) is 5. The van der Waals surface area contributed by atoms with E-state index in [0.29, 0.717) is 12.2 Å². The molecule has 2 heterocycles. The highest BCUT2D eigenvalue weighted by atomic mass is 32.2. The number of aromatic nitrogens is 3. The zero-order valence-corrected chi connectivity index (χ0v) is 12.6. The van der Waals surface area contributed by atoms with E-state index >= 15 is 0 Å². The third kappa shape index (κ3) is 3.01. The first-order valence-corrected chi connectivity index (χ1v) is 7.43. The molecule has 2 rings (SSSR count). The molecule has 0 aromatic carbocycles. The fraction of sp³-hybridized carbons (Fsp3) is 0.357. The lowest BCUT2D eigenvalue weighted by Crippen LogP contribution is -2.06. The van der Waals surface area contributed by atoms with Crippen molar-refractivity contribution in [3.63, 3.8) is 0 Å². The van der Waals surface area contributed by atoms with Gasteiger partial charge in [0.25, 0.3) is 0 Å². The molecule has 0 unspecified atom stereocenters. The average molecular weight is 291 g/mol. The molecule has 0 spiro atoms. The third-order valence-electron chi connectivity index (χ3n) is 2.70. The van der Waals surface area contributed by atoms with Crippen LogP contribution in [0.25, 0.3) is 11.5 Å². The van der Waals surface area contributed by atoms with E-state index in [4.69, 9.17) is 4.74 Å². The standard InChI is InChI=1S/C14H17N3O2S/c1-4-19-14(18)10-8-11(20-5-2)12(16-9-10)13-15-6-7-17(13)3/h6-9H,4-5H2,1-3H3. The molecule has 0 radical (unpaired) electrons. The number of hydrogen-bond donors (Lipinski definition) is 0. The SMILES string of the molecule is CCOC(=O)c1cnc(-c2nccn2C)c(SCC)c1. The molecule has 0 aliphatic rings. The van der Waals surface area contributed by atoms with Crippen LogP contribution in [0.3, 0.4) is 0 Å². The maximum atomic E-state index is 11.8. The van der Waals surface area contributed by atoms with Gasteiger partial charge in [0, 0.05) is 30.5 Å². The number of thioether (sulfide) groups is 1. The Balaban J connectivity index is 2.43. The van der Waals surface area contributed by atoms with E-state index < -0.39 is 0 Å². The van der Waals surface area contributed by atoms with Crippen molar-refractivity contribution in [2.75, 3.05) is 12.4 Å². The highest BCUT2D eigenvalue weighted by Gasteiger charge is 2.15. The smallest absolute Gasteiger partial charge is 0.339 e. The van der Waals surface area contributed by atoms with E-state index in [0.717, 1.165) is 22.2 Å². The van der Waals surface area contributed by atoms with E-state index in [1.54, 1.807) is 31.1 Å². The second kappa shape index (κ2) is 6.56. The lowest BCUT2D eigenvalue weighted by Gasteiger charge is -2.09. The Labute approximate surface area is 122 Å². The summed E-state index contributed by atoms with van der Waals surface area (Å²) in [7, 11) is 1.92. The monoisotopic (exact) mass is 291 g/mol. The number of carbonyl (C=O) groups excluding carboxylic acids is 1. The van der Waals surface area contributed by atoms with Crippen molar-refractivity contribution in [2.24, 2.45) is 7.05 Å². The third-order valence-corrected chi connectivity index (χ3v) is 3.61. The number of ether oxygens (including phenoxy) is 1. The molecule has 0 fully saturated rings. The Hall–Kier alpha value is -1.82. The van der Waals surface area contributed by atoms with E-state index in [9.17, 15) is 4.79 Å². The first kappa shape index (κ1) is 14.6. The molecule has 0 N–H and O–H groups in total. The predicted octanol–water partition coefficient (Wildman–Crippen LogP) is 2.77. The van der Waals surface area contributed by atoms with E-state index in [1.807, 2.05) is 23.9 Å². The van der Waals surface area contributed by atoms with Crippen molar-refractivity contribution in [3.8, 4) is 11.5 Å². The molecular weight excluding hydrogens is 274 g/mol. The van der Waals surface area contributed by atoms with E-state index in [2.05, 4.69) is 16.9 Å². The van der Waals surface area contributed by atoms with Crippen LogP contribution in [-0.2, 0) is 11.8 Å². The van der Waals surface area contributed by atoms with Gasteiger partial charge < -0.3 is 9.30 Å². The van der Waals surface area contributed by atoms with Crippen molar-refractivity contribution >= 4 is 17.7 Å². The van der Waals surface area contributed by atoms with Crippen LogP contribution in [0.5, 0.6) is 0 Å². The summed E-state index contributed by atoms with van der Waals surface area (Å²) in [6.45, 7) is 4.20. The summed E-state index contributed by atoms with van der Waals surface area (Å²) in [5.74, 6) is 1.34. The van der Waals surface area contributed by atoms with Gasteiger partial charge in [-0.3, -0.25) is 4.98 Å². The Bertz CT molecular complexity index is 610. The summed E-state index contributed by atoms with van der Waals surface area (Å²) in [6.07, 6.45) is 5.15. The largest absolute Gasteiger partial charge is 0.462 e. The summed E-state index contributed by atoms with van der Waals surface area (Å²) < 4.78 is 6.92. The van der Waals surface area contributed by atoms with Gasteiger partial charge in [0.05, 0.1) is 12.2 Å². The summed E-state index contributed by atoms with van der Waals surface area (Å²) in [5, 5.41) is 0. The minimum atomic E-state index is -0.343. The maximum absolute atomic E-state index is 11.8. The van der Waals surface area contributed by atoms with Crippen LogP contribution in [0.2, 0.25) is 0 Å². The van der Waals surface area contributed by atoms with Crippen molar-refractivity contribution in [1.29, 1.82) is 0 Å². The molecule has 5 nitrogen and oxygen atoms in total.